The molecule has 7 nitrogen and oxygen atoms in total. The summed E-state index contributed by atoms with van der Waals surface area (Å²) in [6, 6.07) is 11.2. The molecular formula is C30H36F3N3O4. The van der Waals surface area contributed by atoms with Gasteiger partial charge in [0.05, 0.1) is 11.6 Å². The van der Waals surface area contributed by atoms with Crippen LogP contribution in [-0.2, 0) is 11.0 Å². The van der Waals surface area contributed by atoms with E-state index in [2.05, 4.69) is 12.2 Å². The summed E-state index contributed by atoms with van der Waals surface area (Å²) in [6.45, 7) is 4.24. The second-order valence-electron chi connectivity index (χ2n) is 10.6. The standard InChI is InChI=1S/C30H36F3N3O4/c1-3-19-13-16-29(17-14-19)35-26(21-9-11-23(12-10-21)30(31,32)33)28(40)36(29)24(4-2)20-5-7-22(8-6-20)27(39)34-18-15-25(37)38/h5-12,19,24-25,37-38H,3-4,13-18H2,1-2H3,(H,34,39)/t19?,24-,29?/m1/s1. The van der Waals surface area contributed by atoms with Crippen LogP contribution in [0.2, 0.25) is 0 Å². The normalized spacial score (nSPS) is 22.1. The molecule has 0 saturated heterocycles. The predicted molar refractivity (Wildman–Crippen MR) is 144 cm³/mol. The number of hydrogen-bond acceptors (Lipinski definition) is 5. The van der Waals surface area contributed by atoms with Crippen molar-refractivity contribution in [3.05, 3.63) is 70.8 Å². The molecule has 1 saturated carbocycles. The van der Waals surface area contributed by atoms with Crippen molar-refractivity contribution in [1.82, 2.24) is 10.2 Å². The van der Waals surface area contributed by atoms with Gasteiger partial charge in [-0.25, -0.2) is 0 Å². The van der Waals surface area contributed by atoms with Gasteiger partial charge in [-0.15, -0.1) is 0 Å². The Labute approximate surface area is 232 Å². The van der Waals surface area contributed by atoms with Crippen molar-refractivity contribution in [2.24, 2.45) is 10.9 Å². The van der Waals surface area contributed by atoms with Crippen LogP contribution in [0.3, 0.4) is 0 Å². The van der Waals surface area contributed by atoms with E-state index in [1.165, 1.54) is 12.1 Å². The van der Waals surface area contributed by atoms with Crippen LogP contribution in [0.5, 0.6) is 0 Å². The van der Waals surface area contributed by atoms with E-state index in [1.807, 2.05) is 11.8 Å². The highest BCUT2D eigenvalue weighted by Crippen LogP contribution is 2.47. The second-order valence-corrected chi connectivity index (χ2v) is 10.6. The van der Waals surface area contributed by atoms with Crippen LogP contribution in [0.4, 0.5) is 13.2 Å². The summed E-state index contributed by atoms with van der Waals surface area (Å²) < 4.78 is 39.5. The van der Waals surface area contributed by atoms with Gasteiger partial charge >= 0.3 is 6.18 Å². The van der Waals surface area contributed by atoms with Crippen LogP contribution >= 0.6 is 0 Å². The third-order valence-corrected chi connectivity index (χ3v) is 8.10. The number of aliphatic hydroxyl groups is 2. The Balaban J connectivity index is 1.63. The SMILES string of the molecule is CCC1CCC2(CC1)N=C(c1ccc(C(F)(F)F)cc1)C(=O)N2[C@H](CC)c1ccc(C(=O)NCCC(O)O)cc1. The molecule has 2 aliphatic rings. The molecule has 1 spiro atoms. The Morgan fingerprint density at radius 2 is 1.70 bits per heavy atom. The van der Waals surface area contributed by atoms with Crippen molar-refractivity contribution in [1.29, 1.82) is 0 Å². The lowest BCUT2D eigenvalue weighted by Crippen LogP contribution is -2.50. The number of aliphatic hydroxyl groups excluding tert-OH is 1. The Kier molecular flexibility index (Phi) is 8.99. The number of hydrogen-bond donors (Lipinski definition) is 3. The first-order chi connectivity index (χ1) is 19.0. The van der Waals surface area contributed by atoms with Crippen molar-refractivity contribution < 1.29 is 33.0 Å². The maximum atomic E-state index is 14.0. The molecule has 1 fully saturated rings. The van der Waals surface area contributed by atoms with Crippen LogP contribution < -0.4 is 5.32 Å². The van der Waals surface area contributed by atoms with Gasteiger partial charge in [0, 0.05) is 24.1 Å². The fraction of sp³-hybridized carbons (Fsp3) is 0.500. The van der Waals surface area contributed by atoms with Crippen molar-refractivity contribution in [3.63, 3.8) is 0 Å². The molecule has 0 radical (unpaired) electrons. The maximum Gasteiger partial charge on any atom is 0.416 e. The molecule has 0 aromatic heterocycles. The lowest BCUT2D eigenvalue weighted by atomic mass is 9.79. The van der Waals surface area contributed by atoms with E-state index >= 15 is 0 Å². The molecule has 0 bridgehead atoms. The lowest BCUT2D eigenvalue weighted by molar-refractivity contribution is -0.137. The molecular weight excluding hydrogens is 523 g/mol. The van der Waals surface area contributed by atoms with Gasteiger partial charge in [-0.1, -0.05) is 44.5 Å². The molecule has 40 heavy (non-hydrogen) atoms. The van der Waals surface area contributed by atoms with Crippen molar-refractivity contribution in [3.8, 4) is 0 Å². The first kappa shape index (κ1) is 29.7. The zero-order chi connectivity index (χ0) is 29.1. The molecule has 1 atom stereocenters. The molecule has 4 rings (SSSR count). The number of aliphatic imine (C=N–C) groups is 1. The minimum atomic E-state index is -4.47. The summed E-state index contributed by atoms with van der Waals surface area (Å²) in [5.74, 6) is -0.108. The lowest BCUT2D eigenvalue weighted by Gasteiger charge is -2.45. The Hall–Kier alpha value is -3.24. The highest BCUT2D eigenvalue weighted by atomic mass is 19.4. The van der Waals surface area contributed by atoms with Gasteiger partial charge in [0.2, 0.25) is 0 Å². The average molecular weight is 560 g/mol. The molecule has 216 valence electrons. The number of rotatable bonds is 9. The maximum absolute atomic E-state index is 14.0. The van der Waals surface area contributed by atoms with Crippen molar-refractivity contribution in [2.45, 2.75) is 83.0 Å². The van der Waals surface area contributed by atoms with Crippen LogP contribution in [0.25, 0.3) is 0 Å². The molecule has 2 aromatic carbocycles. The number of nitrogens with one attached hydrogen (secondary N) is 1. The summed E-state index contributed by atoms with van der Waals surface area (Å²) in [6.07, 6.45) is -1.17. The van der Waals surface area contributed by atoms with Gasteiger partial charge < -0.3 is 20.4 Å². The summed E-state index contributed by atoms with van der Waals surface area (Å²) >= 11 is 0. The zero-order valence-corrected chi connectivity index (χ0v) is 22.7. The topological polar surface area (TPSA) is 102 Å². The van der Waals surface area contributed by atoms with Gasteiger partial charge in [-0.05, 0) is 67.9 Å². The molecule has 1 aliphatic carbocycles. The van der Waals surface area contributed by atoms with Crippen LogP contribution in [0.15, 0.2) is 53.5 Å². The molecule has 2 aromatic rings. The molecule has 10 heteroatoms. The summed E-state index contributed by atoms with van der Waals surface area (Å²) in [5.41, 5.74) is 0.234. The minimum absolute atomic E-state index is 0.0149. The molecule has 0 unspecified atom stereocenters. The molecule has 1 aliphatic heterocycles. The van der Waals surface area contributed by atoms with E-state index in [4.69, 9.17) is 15.2 Å². The number of carbonyl (C=O) groups is 2. The Bertz CT molecular complexity index is 1220. The van der Waals surface area contributed by atoms with Crippen molar-refractivity contribution in [2.75, 3.05) is 6.54 Å². The Morgan fingerprint density at radius 3 is 2.23 bits per heavy atom. The third kappa shape index (κ3) is 6.23. The molecule has 2 amide bonds. The number of alkyl halides is 3. The highest BCUT2D eigenvalue weighted by molar-refractivity contribution is 6.46. The number of benzene rings is 2. The first-order valence-corrected chi connectivity index (χ1v) is 13.8. The fourth-order valence-corrected chi connectivity index (χ4v) is 5.79. The average Bonchev–Trinajstić information content (AvgIpc) is 3.20. The van der Waals surface area contributed by atoms with Crippen LogP contribution in [0, 0.1) is 5.92 Å². The molecule has 1 heterocycles. The quantitative estimate of drug-likeness (QED) is 0.367. The van der Waals surface area contributed by atoms with Gasteiger partial charge in [0.25, 0.3) is 11.8 Å². The largest absolute Gasteiger partial charge is 0.416 e. The minimum Gasteiger partial charge on any atom is -0.368 e. The zero-order valence-electron chi connectivity index (χ0n) is 22.7. The van der Waals surface area contributed by atoms with E-state index in [1.54, 1.807) is 24.3 Å². The number of amides is 2. The number of carbonyl (C=O) groups excluding carboxylic acids is 2. The van der Waals surface area contributed by atoms with Gasteiger partial charge in [0.15, 0.2) is 6.29 Å². The summed E-state index contributed by atoms with van der Waals surface area (Å²) in [4.78, 5) is 33.2. The predicted octanol–water partition coefficient (Wildman–Crippen LogP) is 5.22. The van der Waals surface area contributed by atoms with Gasteiger partial charge in [-0.2, -0.15) is 13.2 Å². The van der Waals surface area contributed by atoms with E-state index in [0.717, 1.165) is 37.0 Å². The Morgan fingerprint density at radius 1 is 1.07 bits per heavy atom. The highest BCUT2D eigenvalue weighted by Gasteiger charge is 2.51. The third-order valence-electron chi connectivity index (χ3n) is 8.10. The number of nitrogens with zero attached hydrogens (tertiary/aromatic N) is 2. The van der Waals surface area contributed by atoms with Crippen molar-refractivity contribution >= 4 is 17.5 Å². The van der Waals surface area contributed by atoms with E-state index in [-0.39, 0.29) is 36.5 Å². The smallest absolute Gasteiger partial charge is 0.368 e. The van der Waals surface area contributed by atoms with E-state index in [0.29, 0.717) is 36.3 Å². The first-order valence-electron chi connectivity index (χ1n) is 13.8. The van der Waals surface area contributed by atoms with E-state index < -0.39 is 23.7 Å². The molecule has 3 N–H and O–H groups in total. The van der Waals surface area contributed by atoms with E-state index in [9.17, 15) is 22.8 Å². The van der Waals surface area contributed by atoms with Crippen LogP contribution in [0.1, 0.15) is 91.9 Å². The fourth-order valence-electron chi connectivity index (χ4n) is 5.79. The number of halogens is 3. The summed E-state index contributed by atoms with van der Waals surface area (Å²) in [7, 11) is 0. The van der Waals surface area contributed by atoms with Crippen LogP contribution in [-0.4, -0.2) is 51.1 Å². The summed E-state index contributed by atoms with van der Waals surface area (Å²) in [5, 5.41) is 20.6. The second kappa shape index (κ2) is 12.1. The van der Waals surface area contributed by atoms with Gasteiger partial charge in [0.1, 0.15) is 11.4 Å². The monoisotopic (exact) mass is 559 g/mol. The van der Waals surface area contributed by atoms with Gasteiger partial charge in [-0.3, -0.25) is 14.6 Å².